The van der Waals surface area contributed by atoms with Crippen molar-refractivity contribution in [1.82, 2.24) is 19.9 Å². The second-order valence-electron chi connectivity index (χ2n) is 7.95. The van der Waals surface area contributed by atoms with Crippen molar-refractivity contribution in [2.24, 2.45) is 0 Å². The molecule has 0 aliphatic heterocycles. The predicted octanol–water partition coefficient (Wildman–Crippen LogP) is 2.56. The molecule has 4 aromatic rings. The number of carbonyl (C=O) groups is 1. The molecule has 0 spiro atoms. The van der Waals surface area contributed by atoms with E-state index in [1.165, 1.54) is 27.4 Å². The molecule has 1 atom stereocenters. The van der Waals surface area contributed by atoms with E-state index in [4.69, 9.17) is 18.6 Å². The predicted molar refractivity (Wildman–Crippen MR) is 129 cm³/mol. The van der Waals surface area contributed by atoms with Crippen LogP contribution in [0.15, 0.2) is 51.8 Å². The topological polar surface area (TPSA) is 137 Å². The summed E-state index contributed by atoms with van der Waals surface area (Å²) in [6, 6.07) is 10.1. The number of carbonyl (C=O) groups excluding carboxylic acids is 1. The highest BCUT2D eigenvalue weighted by Crippen LogP contribution is 2.45. The maximum atomic E-state index is 13.1. The molecule has 0 saturated heterocycles. The van der Waals surface area contributed by atoms with E-state index in [9.17, 15) is 14.7 Å². The van der Waals surface area contributed by atoms with Crippen LogP contribution in [-0.2, 0) is 11.3 Å². The molecule has 3 aromatic heterocycles. The monoisotopic (exact) mass is 494 g/mol. The Morgan fingerprint density at radius 1 is 1.11 bits per heavy atom. The van der Waals surface area contributed by atoms with Crippen LogP contribution in [0.2, 0.25) is 0 Å². The van der Waals surface area contributed by atoms with E-state index in [1.54, 1.807) is 35.7 Å². The molecule has 11 nitrogen and oxygen atoms in total. The second-order valence-corrected chi connectivity index (χ2v) is 7.95. The van der Waals surface area contributed by atoms with Crippen LogP contribution in [0.1, 0.15) is 35.1 Å². The zero-order valence-electron chi connectivity index (χ0n) is 20.3. The number of aryl methyl sites for hydroxylation is 1. The maximum absolute atomic E-state index is 13.1. The molecule has 0 fully saturated rings. The van der Waals surface area contributed by atoms with Crippen molar-refractivity contribution in [2.45, 2.75) is 25.8 Å². The van der Waals surface area contributed by atoms with E-state index in [0.717, 1.165) is 0 Å². The van der Waals surface area contributed by atoms with Crippen molar-refractivity contribution in [3.63, 3.8) is 0 Å². The fraction of sp³-hybridized carbons (Fsp3) is 0.280. The molecule has 1 aromatic carbocycles. The van der Waals surface area contributed by atoms with Crippen molar-refractivity contribution in [2.75, 3.05) is 21.3 Å². The van der Waals surface area contributed by atoms with Gasteiger partial charge in [0.1, 0.15) is 11.5 Å². The van der Waals surface area contributed by atoms with Gasteiger partial charge in [0, 0.05) is 30.2 Å². The van der Waals surface area contributed by atoms with E-state index < -0.39 is 17.5 Å². The average Bonchev–Trinajstić information content (AvgIpc) is 3.28. The number of methoxy groups -OCH3 is 3. The van der Waals surface area contributed by atoms with E-state index in [1.807, 2.05) is 12.1 Å². The van der Waals surface area contributed by atoms with Gasteiger partial charge in [0.2, 0.25) is 11.7 Å². The van der Waals surface area contributed by atoms with Gasteiger partial charge < -0.3 is 29.1 Å². The van der Waals surface area contributed by atoms with Crippen LogP contribution in [-0.4, -0.2) is 46.9 Å². The second kappa shape index (κ2) is 10.4. The zero-order chi connectivity index (χ0) is 25.8. The number of fused-ring (bicyclic) bond motifs is 1. The number of nitrogens with zero attached hydrogens (tertiary/aromatic N) is 3. The van der Waals surface area contributed by atoms with Crippen molar-refractivity contribution in [1.29, 1.82) is 0 Å². The quantitative estimate of drug-likeness (QED) is 0.359. The Morgan fingerprint density at radius 3 is 2.58 bits per heavy atom. The van der Waals surface area contributed by atoms with Gasteiger partial charge in [0.15, 0.2) is 23.0 Å². The minimum absolute atomic E-state index is 0.0748. The number of hydrogen-bond acceptors (Lipinski definition) is 9. The van der Waals surface area contributed by atoms with Crippen LogP contribution in [0.4, 0.5) is 0 Å². The highest BCUT2D eigenvalue weighted by atomic mass is 16.5. The van der Waals surface area contributed by atoms with Crippen LogP contribution in [0.3, 0.4) is 0 Å². The van der Waals surface area contributed by atoms with E-state index >= 15 is 0 Å². The molecule has 4 rings (SSSR count). The Labute approximate surface area is 206 Å². The molecule has 1 amide bonds. The number of amides is 1. The molecule has 0 aliphatic carbocycles. The van der Waals surface area contributed by atoms with Gasteiger partial charge in [-0.05, 0) is 25.1 Å². The Balaban J connectivity index is 1.72. The summed E-state index contributed by atoms with van der Waals surface area (Å²) < 4.78 is 23.4. The van der Waals surface area contributed by atoms with E-state index in [2.05, 4.69) is 15.5 Å². The number of nitrogens with one attached hydrogen (secondary N) is 1. The lowest BCUT2D eigenvalue weighted by molar-refractivity contribution is -0.121. The first kappa shape index (κ1) is 24.6. The first-order chi connectivity index (χ1) is 17.4. The number of aromatic hydroxyl groups is 1. The summed E-state index contributed by atoms with van der Waals surface area (Å²) in [5.41, 5.74) is 0.251. The largest absolute Gasteiger partial charge is 0.507 e. The lowest BCUT2D eigenvalue weighted by atomic mass is 9.87. The molecule has 0 radical (unpaired) electrons. The standard InChI is InChI=1S/C25H26N4O7/c1-14-11-17(30)22(25(32)36-14)16(15-8-9-18(33-2)24(35-4)23(15)34-3)12-21(31)26-13-20-28-27-19-7-5-6-10-29(19)20/h5-11,16,30H,12-13H2,1-4H3,(H,26,31). The fourth-order valence-electron chi connectivity index (χ4n) is 4.14. The minimum atomic E-state index is -0.924. The van der Waals surface area contributed by atoms with Crippen molar-refractivity contribution in [3.8, 4) is 23.0 Å². The maximum Gasteiger partial charge on any atom is 0.343 e. The van der Waals surface area contributed by atoms with Crippen LogP contribution >= 0.6 is 0 Å². The summed E-state index contributed by atoms with van der Waals surface area (Å²) in [5.74, 6) is 0.114. The molecule has 188 valence electrons. The van der Waals surface area contributed by atoms with Gasteiger partial charge in [-0.15, -0.1) is 10.2 Å². The Kier molecular flexibility index (Phi) is 7.09. The molecule has 0 bridgehead atoms. The molecule has 3 heterocycles. The van der Waals surface area contributed by atoms with Gasteiger partial charge in [0.05, 0.1) is 33.4 Å². The molecule has 0 aliphatic rings. The zero-order valence-corrected chi connectivity index (χ0v) is 20.3. The van der Waals surface area contributed by atoms with Crippen molar-refractivity contribution in [3.05, 3.63) is 75.7 Å². The van der Waals surface area contributed by atoms with Crippen molar-refractivity contribution >= 4 is 11.6 Å². The van der Waals surface area contributed by atoms with Crippen LogP contribution < -0.4 is 25.2 Å². The molecule has 11 heteroatoms. The first-order valence-electron chi connectivity index (χ1n) is 11.1. The van der Waals surface area contributed by atoms with E-state index in [0.29, 0.717) is 22.8 Å². The van der Waals surface area contributed by atoms with Gasteiger partial charge in [-0.2, -0.15) is 0 Å². The first-order valence-corrected chi connectivity index (χ1v) is 11.1. The molecular weight excluding hydrogens is 468 g/mol. The number of rotatable bonds is 9. The highest BCUT2D eigenvalue weighted by Gasteiger charge is 2.30. The molecule has 2 N–H and O–H groups in total. The van der Waals surface area contributed by atoms with Crippen molar-refractivity contribution < 1.29 is 28.5 Å². The molecular formula is C25H26N4O7. The lowest BCUT2D eigenvalue weighted by Crippen LogP contribution is -2.27. The lowest BCUT2D eigenvalue weighted by Gasteiger charge is -2.22. The number of ether oxygens (including phenoxy) is 3. The SMILES string of the molecule is COc1ccc(C(CC(=O)NCc2nnc3ccccn23)c2c(O)cc(C)oc2=O)c(OC)c1OC. The van der Waals surface area contributed by atoms with Crippen LogP contribution in [0.25, 0.3) is 5.65 Å². The Hall–Kier alpha value is -4.54. The molecule has 0 saturated carbocycles. The number of pyridine rings is 1. The molecule has 1 unspecified atom stereocenters. The summed E-state index contributed by atoms with van der Waals surface area (Å²) in [6.07, 6.45) is 1.59. The van der Waals surface area contributed by atoms with Gasteiger partial charge in [-0.3, -0.25) is 9.20 Å². The van der Waals surface area contributed by atoms with Gasteiger partial charge in [0.25, 0.3) is 0 Å². The number of benzene rings is 1. The van der Waals surface area contributed by atoms with Crippen LogP contribution in [0, 0.1) is 6.92 Å². The third-order valence-electron chi connectivity index (χ3n) is 5.77. The number of aromatic nitrogens is 3. The highest BCUT2D eigenvalue weighted by molar-refractivity contribution is 5.78. The third kappa shape index (κ3) is 4.67. The number of hydrogen-bond donors (Lipinski definition) is 2. The third-order valence-corrected chi connectivity index (χ3v) is 5.77. The summed E-state index contributed by atoms with van der Waals surface area (Å²) in [6.45, 7) is 1.65. The van der Waals surface area contributed by atoms with Gasteiger partial charge in [-0.25, -0.2) is 4.79 Å². The smallest absolute Gasteiger partial charge is 0.343 e. The summed E-state index contributed by atoms with van der Waals surface area (Å²) >= 11 is 0. The molecule has 36 heavy (non-hydrogen) atoms. The normalized spacial score (nSPS) is 11.8. The Bertz CT molecular complexity index is 1460. The van der Waals surface area contributed by atoms with E-state index in [-0.39, 0.29) is 41.5 Å². The fourth-order valence-corrected chi connectivity index (χ4v) is 4.14. The van der Waals surface area contributed by atoms with Crippen LogP contribution in [0.5, 0.6) is 23.0 Å². The van der Waals surface area contributed by atoms with Gasteiger partial charge >= 0.3 is 5.63 Å². The summed E-state index contributed by atoms with van der Waals surface area (Å²) in [4.78, 5) is 26.0. The average molecular weight is 495 g/mol. The summed E-state index contributed by atoms with van der Waals surface area (Å²) in [7, 11) is 4.37. The Morgan fingerprint density at radius 2 is 1.89 bits per heavy atom. The van der Waals surface area contributed by atoms with Gasteiger partial charge in [-0.1, -0.05) is 12.1 Å². The summed E-state index contributed by atoms with van der Waals surface area (Å²) in [5, 5.41) is 21.7. The minimum Gasteiger partial charge on any atom is -0.507 e.